The van der Waals surface area contributed by atoms with Crippen molar-refractivity contribution in [1.29, 1.82) is 0 Å². The summed E-state index contributed by atoms with van der Waals surface area (Å²) in [5, 5.41) is 14.1. The average molecular weight is 349 g/mol. The van der Waals surface area contributed by atoms with Crippen molar-refractivity contribution in [1.82, 2.24) is 10.6 Å². The van der Waals surface area contributed by atoms with Crippen LogP contribution in [0, 0.1) is 5.92 Å². The molecular formula is C12H17BrN2O3S. The Bertz CT molecular complexity index is 448. The Balaban J connectivity index is 2.42. The molecule has 0 fully saturated rings. The number of hydrogen-bond acceptors (Lipinski definition) is 3. The lowest BCUT2D eigenvalue weighted by molar-refractivity contribution is -0.139. The lowest BCUT2D eigenvalue weighted by Crippen LogP contribution is -2.46. The minimum atomic E-state index is -1.01. The van der Waals surface area contributed by atoms with Crippen LogP contribution in [-0.4, -0.2) is 23.1 Å². The number of aliphatic carboxylic acids is 1. The van der Waals surface area contributed by atoms with Crippen LogP contribution in [0.25, 0.3) is 0 Å². The van der Waals surface area contributed by atoms with Crippen LogP contribution in [0.15, 0.2) is 15.9 Å². The minimum absolute atomic E-state index is 0.203. The topological polar surface area (TPSA) is 78.4 Å². The Hall–Kier alpha value is -1.08. The zero-order valence-electron chi connectivity index (χ0n) is 10.8. The molecule has 1 unspecified atom stereocenters. The third-order valence-electron chi connectivity index (χ3n) is 2.36. The van der Waals surface area contributed by atoms with Gasteiger partial charge in [0.05, 0.1) is 10.3 Å². The van der Waals surface area contributed by atoms with E-state index < -0.39 is 18.0 Å². The molecule has 19 heavy (non-hydrogen) atoms. The number of rotatable bonds is 6. The van der Waals surface area contributed by atoms with Crippen LogP contribution in [0.3, 0.4) is 0 Å². The summed E-state index contributed by atoms with van der Waals surface area (Å²) < 4.78 is 0.993. The number of amides is 2. The standard InChI is InChI=1S/C12H17BrN2O3S/c1-7(2)5-9(11(16)17)15-12(18)14-6-8-3-4-10(13)19-8/h3-4,7,9H,5-6H2,1-2H3,(H,16,17)(H2,14,15,18). The normalized spacial score (nSPS) is 12.2. The van der Waals surface area contributed by atoms with E-state index in [1.165, 1.54) is 11.3 Å². The van der Waals surface area contributed by atoms with Gasteiger partial charge in [0.15, 0.2) is 0 Å². The first kappa shape index (κ1) is 16.0. The van der Waals surface area contributed by atoms with E-state index in [0.717, 1.165) is 8.66 Å². The number of urea groups is 1. The predicted molar refractivity (Wildman–Crippen MR) is 78.3 cm³/mol. The third kappa shape index (κ3) is 6.07. The van der Waals surface area contributed by atoms with Gasteiger partial charge in [-0.2, -0.15) is 0 Å². The Labute approximate surface area is 124 Å². The second-order valence-electron chi connectivity index (χ2n) is 4.55. The number of hydrogen-bond donors (Lipinski definition) is 3. The molecule has 0 spiro atoms. The van der Waals surface area contributed by atoms with Crippen LogP contribution in [0.4, 0.5) is 4.79 Å². The smallest absolute Gasteiger partial charge is 0.326 e. The Morgan fingerprint density at radius 1 is 1.42 bits per heavy atom. The highest BCUT2D eigenvalue weighted by Gasteiger charge is 2.20. The molecule has 0 bridgehead atoms. The summed E-state index contributed by atoms with van der Waals surface area (Å²) in [6.07, 6.45) is 0.410. The zero-order valence-corrected chi connectivity index (χ0v) is 13.2. The number of halogens is 1. The van der Waals surface area contributed by atoms with E-state index in [1.54, 1.807) is 0 Å². The molecule has 1 heterocycles. The van der Waals surface area contributed by atoms with E-state index in [2.05, 4.69) is 26.6 Å². The van der Waals surface area contributed by atoms with E-state index >= 15 is 0 Å². The molecule has 7 heteroatoms. The van der Waals surface area contributed by atoms with Gasteiger partial charge < -0.3 is 15.7 Å². The predicted octanol–water partition coefficient (Wildman–Crippen LogP) is 2.81. The van der Waals surface area contributed by atoms with Crippen molar-refractivity contribution < 1.29 is 14.7 Å². The van der Waals surface area contributed by atoms with Gasteiger partial charge in [0, 0.05) is 4.88 Å². The van der Waals surface area contributed by atoms with Gasteiger partial charge in [-0.15, -0.1) is 11.3 Å². The monoisotopic (exact) mass is 348 g/mol. The summed E-state index contributed by atoms with van der Waals surface area (Å²) in [7, 11) is 0. The molecule has 0 saturated heterocycles. The SMILES string of the molecule is CC(C)CC(NC(=O)NCc1ccc(Br)s1)C(=O)O. The Morgan fingerprint density at radius 2 is 2.11 bits per heavy atom. The molecule has 0 aromatic carbocycles. The maximum Gasteiger partial charge on any atom is 0.326 e. The van der Waals surface area contributed by atoms with E-state index in [1.807, 2.05) is 26.0 Å². The van der Waals surface area contributed by atoms with Gasteiger partial charge >= 0.3 is 12.0 Å². The van der Waals surface area contributed by atoms with Gasteiger partial charge in [-0.1, -0.05) is 13.8 Å². The highest BCUT2D eigenvalue weighted by molar-refractivity contribution is 9.11. The molecule has 106 valence electrons. The number of carboxylic acid groups (broad SMARTS) is 1. The van der Waals surface area contributed by atoms with Crippen LogP contribution in [-0.2, 0) is 11.3 Å². The molecule has 1 aromatic heterocycles. The number of nitrogens with one attached hydrogen (secondary N) is 2. The van der Waals surface area contributed by atoms with Crippen molar-refractivity contribution in [3.8, 4) is 0 Å². The average Bonchev–Trinajstić information content (AvgIpc) is 2.71. The summed E-state index contributed by atoms with van der Waals surface area (Å²) in [6.45, 7) is 4.22. The second kappa shape index (κ2) is 7.49. The first-order valence-corrected chi connectivity index (χ1v) is 7.50. The van der Waals surface area contributed by atoms with Gasteiger partial charge in [0.1, 0.15) is 6.04 Å². The minimum Gasteiger partial charge on any atom is -0.480 e. The Morgan fingerprint density at radius 3 is 2.58 bits per heavy atom. The molecule has 0 aliphatic rings. The summed E-state index contributed by atoms with van der Waals surface area (Å²) in [4.78, 5) is 23.6. The molecule has 5 nitrogen and oxygen atoms in total. The second-order valence-corrected chi connectivity index (χ2v) is 7.10. The summed E-state index contributed by atoms with van der Waals surface area (Å²) in [5.41, 5.74) is 0. The summed E-state index contributed by atoms with van der Waals surface area (Å²) in [5.74, 6) is -0.808. The molecule has 0 radical (unpaired) electrons. The van der Waals surface area contributed by atoms with Crippen molar-refractivity contribution in [3.63, 3.8) is 0 Å². The van der Waals surface area contributed by atoms with E-state index in [0.29, 0.717) is 13.0 Å². The van der Waals surface area contributed by atoms with Gasteiger partial charge in [0.25, 0.3) is 0 Å². The number of carbonyl (C=O) groups excluding carboxylic acids is 1. The first-order valence-electron chi connectivity index (χ1n) is 5.90. The third-order valence-corrected chi connectivity index (χ3v) is 3.99. The molecule has 1 rings (SSSR count). The largest absolute Gasteiger partial charge is 0.480 e. The van der Waals surface area contributed by atoms with Crippen LogP contribution >= 0.6 is 27.3 Å². The molecule has 0 aliphatic heterocycles. The zero-order chi connectivity index (χ0) is 14.4. The van der Waals surface area contributed by atoms with Crippen molar-refractivity contribution in [3.05, 3.63) is 20.8 Å². The van der Waals surface area contributed by atoms with Gasteiger partial charge in [0.2, 0.25) is 0 Å². The van der Waals surface area contributed by atoms with Crippen molar-refractivity contribution >= 4 is 39.3 Å². The molecule has 3 N–H and O–H groups in total. The van der Waals surface area contributed by atoms with Crippen LogP contribution in [0.1, 0.15) is 25.1 Å². The molecule has 2 amide bonds. The Kier molecular flexibility index (Phi) is 6.30. The fourth-order valence-electron chi connectivity index (χ4n) is 1.52. The van der Waals surface area contributed by atoms with E-state index in [4.69, 9.17) is 5.11 Å². The van der Waals surface area contributed by atoms with E-state index in [9.17, 15) is 9.59 Å². The van der Waals surface area contributed by atoms with Crippen LogP contribution in [0.5, 0.6) is 0 Å². The fraction of sp³-hybridized carbons (Fsp3) is 0.500. The van der Waals surface area contributed by atoms with Crippen molar-refractivity contribution in [2.45, 2.75) is 32.9 Å². The highest BCUT2D eigenvalue weighted by Crippen LogP contribution is 2.21. The summed E-state index contributed by atoms with van der Waals surface area (Å²) in [6, 6.07) is 2.49. The van der Waals surface area contributed by atoms with Crippen LogP contribution < -0.4 is 10.6 Å². The molecule has 0 saturated carbocycles. The maximum atomic E-state index is 11.6. The lowest BCUT2D eigenvalue weighted by atomic mass is 10.0. The quantitative estimate of drug-likeness (QED) is 0.739. The molecular weight excluding hydrogens is 332 g/mol. The van der Waals surface area contributed by atoms with Crippen LogP contribution in [0.2, 0.25) is 0 Å². The number of carboxylic acids is 1. The first-order chi connectivity index (χ1) is 8.88. The lowest BCUT2D eigenvalue weighted by Gasteiger charge is -2.16. The van der Waals surface area contributed by atoms with Crippen molar-refractivity contribution in [2.24, 2.45) is 5.92 Å². The molecule has 0 aliphatic carbocycles. The van der Waals surface area contributed by atoms with Gasteiger partial charge in [-0.3, -0.25) is 0 Å². The highest BCUT2D eigenvalue weighted by atomic mass is 79.9. The van der Waals surface area contributed by atoms with Gasteiger partial charge in [-0.05, 0) is 40.4 Å². The van der Waals surface area contributed by atoms with Crippen molar-refractivity contribution in [2.75, 3.05) is 0 Å². The summed E-state index contributed by atoms with van der Waals surface area (Å²) >= 11 is 4.86. The maximum absolute atomic E-state index is 11.6. The molecule has 1 aromatic rings. The number of thiophene rings is 1. The number of carbonyl (C=O) groups is 2. The van der Waals surface area contributed by atoms with Gasteiger partial charge in [-0.25, -0.2) is 9.59 Å². The van der Waals surface area contributed by atoms with E-state index in [-0.39, 0.29) is 5.92 Å². The molecule has 1 atom stereocenters. The fourth-order valence-corrected chi connectivity index (χ4v) is 2.94.